The molecule has 4 rings (SSSR count). The van der Waals surface area contributed by atoms with Crippen molar-refractivity contribution in [2.45, 2.75) is 18.7 Å². The molecule has 1 aliphatic rings. The summed E-state index contributed by atoms with van der Waals surface area (Å²) in [6, 6.07) is 12.2. The molecule has 2 amide bonds. The highest BCUT2D eigenvalue weighted by atomic mass is 19.1. The van der Waals surface area contributed by atoms with E-state index in [-0.39, 0.29) is 24.6 Å². The third kappa shape index (κ3) is 4.17. The van der Waals surface area contributed by atoms with Gasteiger partial charge in [-0.1, -0.05) is 23.4 Å². The van der Waals surface area contributed by atoms with Crippen molar-refractivity contribution in [2.75, 3.05) is 20.8 Å². The second-order valence-electron chi connectivity index (χ2n) is 7.21. The van der Waals surface area contributed by atoms with Crippen LogP contribution in [0.25, 0.3) is 11.3 Å². The molecule has 2 heterocycles. The number of methoxy groups -OCH3 is 1. The molecular weight excluding hydrogens is 419 g/mol. The number of hydrogen-bond donors (Lipinski definition) is 1. The molecule has 1 saturated heterocycles. The van der Waals surface area contributed by atoms with Crippen LogP contribution in [0.3, 0.4) is 0 Å². The molecule has 2 atom stereocenters. The van der Waals surface area contributed by atoms with Gasteiger partial charge in [-0.3, -0.25) is 9.59 Å². The highest BCUT2D eigenvalue weighted by Crippen LogP contribution is 2.31. The van der Waals surface area contributed by atoms with Crippen molar-refractivity contribution in [3.05, 3.63) is 65.6 Å². The summed E-state index contributed by atoms with van der Waals surface area (Å²) < 4.78 is 30.0. The smallest absolute Gasteiger partial charge is 0.252 e. The average Bonchev–Trinajstić information content (AvgIpc) is 3.28. The van der Waals surface area contributed by atoms with Gasteiger partial charge in [-0.25, -0.2) is 9.02 Å². The van der Waals surface area contributed by atoms with Crippen LogP contribution in [-0.4, -0.2) is 53.9 Å². The van der Waals surface area contributed by atoms with E-state index in [0.717, 1.165) is 5.56 Å². The lowest BCUT2D eigenvalue weighted by Crippen LogP contribution is -2.53. The van der Waals surface area contributed by atoms with Gasteiger partial charge in [-0.2, -0.15) is 0 Å². The Morgan fingerprint density at radius 1 is 1.22 bits per heavy atom. The summed E-state index contributed by atoms with van der Waals surface area (Å²) in [6.07, 6.45) is -1.10. The van der Waals surface area contributed by atoms with Crippen molar-refractivity contribution in [2.24, 2.45) is 0 Å². The normalized spacial score (nSPS) is 18.5. The molecule has 0 radical (unpaired) electrons. The van der Waals surface area contributed by atoms with Crippen LogP contribution in [0.1, 0.15) is 17.3 Å². The third-order valence-corrected chi connectivity index (χ3v) is 5.32. The van der Waals surface area contributed by atoms with Crippen molar-refractivity contribution in [3.8, 4) is 17.0 Å². The van der Waals surface area contributed by atoms with Gasteiger partial charge in [0.05, 0.1) is 19.7 Å². The maximum absolute atomic E-state index is 14.5. The maximum Gasteiger partial charge on any atom is 0.252 e. The largest absolute Gasteiger partial charge is 0.497 e. The number of halogens is 1. The fraction of sp³-hybridized carbons (Fsp3) is 0.273. The number of aromatic nitrogens is 2. The molecule has 3 aromatic rings. The summed E-state index contributed by atoms with van der Waals surface area (Å²) in [5, 5.41) is 10.5. The summed E-state index contributed by atoms with van der Waals surface area (Å²) in [4.78, 5) is 26.5. The molecule has 1 aromatic heterocycles. The first-order valence-electron chi connectivity index (χ1n) is 9.85. The van der Waals surface area contributed by atoms with E-state index in [1.807, 2.05) is 0 Å². The van der Waals surface area contributed by atoms with Gasteiger partial charge in [0.2, 0.25) is 5.91 Å². The zero-order chi connectivity index (χ0) is 22.7. The van der Waals surface area contributed by atoms with Crippen LogP contribution >= 0.6 is 0 Å². The maximum atomic E-state index is 14.5. The molecule has 0 bridgehead atoms. The molecule has 1 fully saturated rings. The van der Waals surface area contributed by atoms with Gasteiger partial charge < -0.3 is 19.7 Å². The lowest BCUT2D eigenvalue weighted by atomic mass is 9.97. The van der Waals surface area contributed by atoms with Crippen LogP contribution in [0.5, 0.6) is 5.75 Å². The Kier molecular flexibility index (Phi) is 6.13. The molecule has 166 valence electrons. The summed E-state index contributed by atoms with van der Waals surface area (Å²) in [5.74, 6) is -0.693. The Bertz CT molecular complexity index is 1120. The minimum Gasteiger partial charge on any atom is -0.497 e. The van der Waals surface area contributed by atoms with Crippen LogP contribution in [0.2, 0.25) is 0 Å². The molecule has 10 heteroatoms. The summed E-state index contributed by atoms with van der Waals surface area (Å²) >= 11 is 0. The topological polar surface area (TPSA) is 107 Å². The second kappa shape index (κ2) is 9.15. The van der Waals surface area contributed by atoms with E-state index in [0.29, 0.717) is 17.1 Å². The van der Waals surface area contributed by atoms with Gasteiger partial charge >= 0.3 is 0 Å². The number of hydrogen-bond acceptors (Lipinski definition) is 7. The first-order chi connectivity index (χ1) is 15.5. The number of morpholine rings is 1. The minimum absolute atomic E-state index is 0.00517. The molecule has 1 N–H and O–H groups in total. The zero-order valence-electron chi connectivity index (χ0n) is 17.4. The molecular formula is C22H21FN4O5. The average molecular weight is 440 g/mol. The number of carbonyl (C=O) groups is 2. The predicted octanol–water partition coefficient (Wildman–Crippen LogP) is 2.10. The fourth-order valence-electron chi connectivity index (χ4n) is 3.58. The summed E-state index contributed by atoms with van der Waals surface area (Å²) in [7, 11) is 3.09. The van der Waals surface area contributed by atoms with Crippen molar-refractivity contribution < 1.29 is 28.1 Å². The van der Waals surface area contributed by atoms with Gasteiger partial charge in [-0.05, 0) is 35.5 Å². The Labute approximate surface area is 183 Å². The lowest BCUT2D eigenvalue weighted by Gasteiger charge is -2.38. The third-order valence-electron chi connectivity index (χ3n) is 5.32. The number of nitrogens with one attached hydrogen (secondary N) is 1. The van der Waals surface area contributed by atoms with Crippen molar-refractivity contribution in [3.63, 3.8) is 0 Å². The van der Waals surface area contributed by atoms with Gasteiger partial charge in [-0.15, -0.1) is 0 Å². The van der Waals surface area contributed by atoms with Crippen LogP contribution < -0.4 is 10.1 Å². The lowest BCUT2D eigenvalue weighted by molar-refractivity contribution is -0.162. The van der Waals surface area contributed by atoms with Crippen molar-refractivity contribution in [1.82, 2.24) is 20.5 Å². The number of likely N-dealkylation sites (N-methyl/N-ethyl adjacent to an activating group) is 1. The van der Waals surface area contributed by atoms with Crippen molar-refractivity contribution >= 4 is 11.8 Å². The summed E-state index contributed by atoms with van der Waals surface area (Å²) in [5.41, 5.74) is 1.81. The molecule has 0 spiro atoms. The van der Waals surface area contributed by atoms with Crippen LogP contribution in [0.4, 0.5) is 4.39 Å². The Hall–Kier alpha value is -3.79. The van der Waals surface area contributed by atoms with E-state index in [1.165, 1.54) is 30.1 Å². The summed E-state index contributed by atoms with van der Waals surface area (Å²) in [6.45, 7) is -0.270. The fourth-order valence-corrected chi connectivity index (χ4v) is 3.58. The minimum atomic E-state index is -1.10. The van der Waals surface area contributed by atoms with Crippen LogP contribution in [0, 0.1) is 5.82 Å². The van der Waals surface area contributed by atoms with E-state index in [1.54, 1.807) is 37.4 Å². The molecule has 0 aliphatic carbocycles. The first kappa shape index (κ1) is 21.4. The predicted molar refractivity (Wildman–Crippen MR) is 110 cm³/mol. The monoisotopic (exact) mass is 440 g/mol. The van der Waals surface area contributed by atoms with E-state index < -0.39 is 23.9 Å². The number of carbonyl (C=O) groups excluding carboxylic acids is 2. The van der Waals surface area contributed by atoms with E-state index in [9.17, 15) is 14.0 Å². The number of nitrogens with zero attached hydrogens (tertiary/aromatic N) is 3. The first-order valence-corrected chi connectivity index (χ1v) is 9.85. The Morgan fingerprint density at radius 3 is 2.69 bits per heavy atom. The molecule has 9 nitrogen and oxygen atoms in total. The number of ether oxygens (including phenoxy) is 2. The number of rotatable bonds is 6. The van der Waals surface area contributed by atoms with E-state index in [2.05, 4.69) is 15.6 Å². The quantitative estimate of drug-likeness (QED) is 0.626. The highest BCUT2D eigenvalue weighted by molar-refractivity contribution is 5.86. The number of benzene rings is 2. The standard InChI is InChI=1S/C22H21FN4O5/c1-27-18(28)12-31-21(20(27)15-5-3-4-6-16(15)23)22(29)24-11-17-19(26-32-25-17)13-7-9-14(30-2)10-8-13/h3-10,20-21H,11-12H2,1-2H3,(H,24,29). The molecule has 1 aliphatic heterocycles. The second-order valence-corrected chi connectivity index (χ2v) is 7.21. The van der Waals surface area contributed by atoms with Crippen LogP contribution in [0.15, 0.2) is 53.2 Å². The Morgan fingerprint density at radius 2 is 1.97 bits per heavy atom. The molecule has 0 saturated carbocycles. The zero-order valence-corrected chi connectivity index (χ0v) is 17.4. The van der Waals surface area contributed by atoms with Gasteiger partial charge in [0.25, 0.3) is 5.91 Å². The Balaban J connectivity index is 1.52. The van der Waals surface area contributed by atoms with Gasteiger partial charge in [0.1, 0.15) is 29.6 Å². The van der Waals surface area contributed by atoms with Gasteiger partial charge in [0, 0.05) is 18.2 Å². The van der Waals surface area contributed by atoms with E-state index >= 15 is 0 Å². The van der Waals surface area contributed by atoms with Gasteiger partial charge in [0.15, 0.2) is 6.10 Å². The SMILES string of the molecule is COc1ccc(-c2nonc2CNC(=O)C2OCC(=O)N(C)C2c2ccccc2F)cc1. The molecule has 2 unspecified atom stereocenters. The molecule has 2 aromatic carbocycles. The molecule has 32 heavy (non-hydrogen) atoms. The van der Waals surface area contributed by atoms with Crippen molar-refractivity contribution in [1.29, 1.82) is 0 Å². The van der Waals surface area contributed by atoms with E-state index in [4.69, 9.17) is 14.1 Å². The highest BCUT2D eigenvalue weighted by Gasteiger charge is 2.41. The number of amides is 2. The van der Waals surface area contributed by atoms with Crippen LogP contribution in [-0.2, 0) is 20.9 Å².